The number of rotatable bonds is 4. The van der Waals surface area contributed by atoms with Crippen molar-refractivity contribution in [2.24, 2.45) is 11.7 Å². The number of carbonyl (C=O) groups is 1. The van der Waals surface area contributed by atoms with Crippen LogP contribution in [-0.2, 0) is 4.79 Å². The monoisotopic (exact) mass is 144 g/mol. The van der Waals surface area contributed by atoms with Crippen molar-refractivity contribution < 1.29 is 4.79 Å². The molecule has 1 amide bonds. The summed E-state index contributed by atoms with van der Waals surface area (Å²) in [6.07, 6.45) is 0.811. The van der Waals surface area contributed by atoms with E-state index in [1.54, 1.807) is 7.05 Å². The average molecular weight is 144 g/mol. The van der Waals surface area contributed by atoms with Gasteiger partial charge in [-0.2, -0.15) is 0 Å². The van der Waals surface area contributed by atoms with Crippen LogP contribution in [0.15, 0.2) is 0 Å². The third kappa shape index (κ3) is 3.45. The van der Waals surface area contributed by atoms with E-state index in [1.807, 2.05) is 0 Å². The topological polar surface area (TPSA) is 55.1 Å². The molecule has 0 aliphatic rings. The van der Waals surface area contributed by atoms with Gasteiger partial charge in [0.05, 0.1) is 6.04 Å². The van der Waals surface area contributed by atoms with Crippen LogP contribution >= 0.6 is 0 Å². The maximum absolute atomic E-state index is 10.6. The van der Waals surface area contributed by atoms with Crippen LogP contribution in [-0.4, -0.2) is 19.0 Å². The standard InChI is InChI=1S/C7H16N2O/c1-5(2)4-6(9-3)7(8)10/h5-6,9H,4H2,1-3H3,(H2,8,10)/t6-/m0/s1. The van der Waals surface area contributed by atoms with E-state index in [0.29, 0.717) is 5.92 Å². The van der Waals surface area contributed by atoms with Gasteiger partial charge in [0.25, 0.3) is 0 Å². The molecule has 0 unspecified atom stereocenters. The lowest BCUT2D eigenvalue weighted by atomic mass is 10.0. The van der Waals surface area contributed by atoms with E-state index >= 15 is 0 Å². The Morgan fingerprint density at radius 3 is 2.20 bits per heavy atom. The van der Waals surface area contributed by atoms with Crippen molar-refractivity contribution >= 4 is 5.91 Å². The van der Waals surface area contributed by atoms with Gasteiger partial charge in [0.2, 0.25) is 5.91 Å². The van der Waals surface area contributed by atoms with Gasteiger partial charge in [0, 0.05) is 0 Å². The maximum Gasteiger partial charge on any atom is 0.234 e. The lowest BCUT2D eigenvalue weighted by Crippen LogP contribution is -2.39. The molecular formula is C7H16N2O. The third-order valence-corrected chi connectivity index (χ3v) is 1.40. The summed E-state index contributed by atoms with van der Waals surface area (Å²) in [5.41, 5.74) is 5.09. The quantitative estimate of drug-likeness (QED) is 0.588. The summed E-state index contributed by atoms with van der Waals surface area (Å²) in [4.78, 5) is 10.6. The minimum atomic E-state index is -0.267. The molecule has 10 heavy (non-hydrogen) atoms. The lowest BCUT2D eigenvalue weighted by molar-refractivity contribution is -0.120. The van der Waals surface area contributed by atoms with E-state index in [2.05, 4.69) is 19.2 Å². The molecule has 0 aromatic rings. The smallest absolute Gasteiger partial charge is 0.234 e. The van der Waals surface area contributed by atoms with Crippen molar-refractivity contribution in [1.29, 1.82) is 0 Å². The Morgan fingerprint density at radius 2 is 2.10 bits per heavy atom. The van der Waals surface area contributed by atoms with Crippen molar-refractivity contribution in [2.75, 3.05) is 7.05 Å². The predicted molar refractivity (Wildman–Crippen MR) is 41.5 cm³/mol. The summed E-state index contributed by atoms with van der Waals surface area (Å²) in [5.74, 6) is 0.237. The van der Waals surface area contributed by atoms with Gasteiger partial charge in [-0.05, 0) is 19.4 Å². The minimum Gasteiger partial charge on any atom is -0.368 e. The summed E-state index contributed by atoms with van der Waals surface area (Å²) in [7, 11) is 1.75. The number of likely N-dealkylation sites (N-methyl/N-ethyl adjacent to an activating group) is 1. The molecule has 0 aliphatic heterocycles. The number of amides is 1. The number of nitrogens with two attached hydrogens (primary N) is 1. The first-order chi connectivity index (χ1) is 4.57. The molecule has 0 fully saturated rings. The highest BCUT2D eigenvalue weighted by Crippen LogP contribution is 2.02. The first-order valence-electron chi connectivity index (χ1n) is 3.54. The summed E-state index contributed by atoms with van der Waals surface area (Å²) in [6.45, 7) is 4.13. The van der Waals surface area contributed by atoms with Gasteiger partial charge in [-0.15, -0.1) is 0 Å². The molecule has 0 bridgehead atoms. The van der Waals surface area contributed by atoms with Gasteiger partial charge in [0.15, 0.2) is 0 Å². The van der Waals surface area contributed by atoms with Crippen LogP contribution in [0.1, 0.15) is 20.3 Å². The van der Waals surface area contributed by atoms with Crippen LogP contribution in [0, 0.1) is 5.92 Å². The van der Waals surface area contributed by atoms with Gasteiger partial charge in [-0.3, -0.25) is 4.79 Å². The van der Waals surface area contributed by atoms with E-state index in [1.165, 1.54) is 0 Å². The Balaban J connectivity index is 3.72. The summed E-state index contributed by atoms with van der Waals surface area (Å²) >= 11 is 0. The molecule has 0 saturated heterocycles. The largest absolute Gasteiger partial charge is 0.368 e. The molecule has 0 radical (unpaired) electrons. The number of primary amides is 1. The molecule has 0 spiro atoms. The SMILES string of the molecule is CN[C@@H](CC(C)C)C(N)=O. The Morgan fingerprint density at radius 1 is 1.60 bits per heavy atom. The van der Waals surface area contributed by atoms with Crippen LogP contribution in [0.2, 0.25) is 0 Å². The molecule has 0 heterocycles. The molecule has 3 nitrogen and oxygen atoms in total. The number of hydrogen-bond donors (Lipinski definition) is 2. The zero-order chi connectivity index (χ0) is 8.15. The van der Waals surface area contributed by atoms with E-state index in [0.717, 1.165) is 6.42 Å². The number of nitrogens with one attached hydrogen (secondary N) is 1. The van der Waals surface area contributed by atoms with Gasteiger partial charge in [-0.25, -0.2) is 0 Å². The molecule has 0 saturated carbocycles. The third-order valence-electron chi connectivity index (χ3n) is 1.40. The normalized spacial score (nSPS) is 13.6. The predicted octanol–water partition coefficient (Wildman–Crippen LogP) is 0.106. The zero-order valence-corrected chi connectivity index (χ0v) is 6.85. The van der Waals surface area contributed by atoms with Crippen LogP contribution in [0.5, 0.6) is 0 Å². The molecule has 3 N–H and O–H groups in total. The Bertz CT molecular complexity index is 112. The van der Waals surface area contributed by atoms with Gasteiger partial charge < -0.3 is 11.1 Å². The first kappa shape index (κ1) is 9.43. The molecule has 0 rings (SSSR count). The van der Waals surface area contributed by atoms with Crippen molar-refractivity contribution in [2.45, 2.75) is 26.3 Å². The van der Waals surface area contributed by atoms with Crippen molar-refractivity contribution in [3.8, 4) is 0 Å². The number of carbonyl (C=O) groups excluding carboxylic acids is 1. The molecule has 1 atom stereocenters. The number of hydrogen-bond acceptors (Lipinski definition) is 2. The lowest BCUT2D eigenvalue weighted by Gasteiger charge is -2.13. The zero-order valence-electron chi connectivity index (χ0n) is 6.85. The molecule has 60 valence electrons. The fourth-order valence-corrected chi connectivity index (χ4v) is 0.848. The van der Waals surface area contributed by atoms with E-state index < -0.39 is 0 Å². The molecule has 0 aromatic carbocycles. The molecule has 0 aromatic heterocycles. The highest BCUT2D eigenvalue weighted by Gasteiger charge is 2.13. The maximum atomic E-state index is 10.6. The van der Waals surface area contributed by atoms with Gasteiger partial charge in [-0.1, -0.05) is 13.8 Å². The van der Waals surface area contributed by atoms with Crippen molar-refractivity contribution in [3.05, 3.63) is 0 Å². The van der Waals surface area contributed by atoms with E-state index in [-0.39, 0.29) is 11.9 Å². The fourth-order valence-electron chi connectivity index (χ4n) is 0.848. The Labute approximate surface area is 62.0 Å². The Kier molecular flexibility index (Phi) is 4.03. The summed E-state index contributed by atoms with van der Waals surface area (Å²) in [5, 5.41) is 2.86. The minimum absolute atomic E-state index is 0.167. The van der Waals surface area contributed by atoms with Crippen LogP contribution in [0.25, 0.3) is 0 Å². The van der Waals surface area contributed by atoms with E-state index in [4.69, 9.17) is 5.73 Å². The van der Waals surface area contributed by atoms with Crippen molar-refractivity contribution in [1.82, 2.24) is 5.32 Å². The second kappa shape index (κ2) is 4.28. The van der Waals surface area contributed by atoms with Crippen LogP contribution in [0.4, 0.5) is 0 Å². The molecule has 3 heteroatoms. The summed E-state index contributed by atoms with van der Waals surface area (Å²) < 4.78 is 0. The second-order valence-electron chi connectivity index (χ2n) is 2.87. The first-order valence-corrected chi connectivity index (χ1v) is 3.54. The van der Waals surface area contributed by atoms with Gasteiger partial charge >= 0.3 is 0 Å². The van der Waals surface area contributed by atoms with Gasteiger partial charge in [0.1, 0.15) is 0 Å². The van der Waals surface area contributed by atoms with E-state index in [9.17, 15) is 4.79 Å². The average Bonchev–Trinajstić information content (AvgIpc) is 1.81. The van der Waals surface area contributed by atoms with Crippen LogP contribution < -0.4 is 11.1 Å². The Hall–Kier alpha value is -0.570. The highest BCUT2D eigenvalue weighted by molar-refractivity contribution is 5.79. The second-order valence-corrected chi connectivity index (χ2v) is 2.87. The summed E-state index contributed by atoms with van der Waals surface area (Å²) in [6, 6.07) is -0.167. The van der Waals surface area contributed by atoms with Crippen LogP contribution in [0.3, 0.4) is 0 Å². The highest BCUT2D eigenvalue weighted by atomic mass is 16.1. The molecule has 0 aliphatic carbocycles. The van der Waals surface area contributed by atoms with Crippen molar-refractivity contribution in [3.63, 3.8) is 0 Å². The molecular weight excluding hydrogens is 128 g/mol. The fraction of sp³-hybridized carbons (Fsp3) is 0.857.